The Labute approximate surface area is 128 Å². The molecule has 0 spiro atoms. The van der Waals surface area contributed by atoms with Crippen molar-refractivity contribution in [3.63, 3.8) is 0 Å². The van der Waals surface area contributed by atoms with Crippen LogP contribution in [0.1, 0.15) is 62.9 Å². The van der Waals surface area contributed by atoms with E-state index in [-0.39, 0.29) is 23.5 Å². The number of nitrogens with zero attached hydrogens (tertiary/aromatic N) is 1. The summed E-state index contributed by atoms with van der Waals surface area (Å²) < 4.78 is 0. The smallest absolute Gasteiger partial charge is 0.190 e. The lowest BCUT2D eigenvalue weighted by molar-refractivity contribution is -0.273. The van der Waals surface area contributed by atoms with Crippen LogP contribution >= 0.6 is 0 Å². The molecule has 3 heteroatoms. The van der Waals surface area contributed by atoms with Gasteiger partial charge >= 0.3 is 0 Å². The fraction of sp³-hybridized carbons (Fsp3) is 0.611. The molecule has 1 saturated heterocycles. The van der Waals surface area contributed by atoms with Crippen LogP contribution in [0.4, 0.5) is 0 Å². The monoisotopic (exact) mass is 289 g/mol. The largest absolute Gasteiger partial charge is 0.291 e. The second kappa shape index (κ2) is 5.90. The first kappa shape index (κ1) is 16.2. The fourth-order valence-corrected chi connectivity index (χ4v) is 3.27. The van der Waals surface area contributed by atoms with Crippen molar-refractivity contribution in [2.45, 2.75) is 65.0 Å². The van der Waals surface area contributed by atoms with Crippen LogP contribution in [-0.4, -0.2) is 28.5 Å². The number of hydroxylamine groups is 2. The van der Waals surface area contributed by atoms with Crippen LogP contribution in [-0.2, 0) is 4.84 Å². The lowest BCUT2D eigenvalue weighted by Crippen LogP contribution is -2.58. The van der Waals surface area contributed by atoms with Crippen LogP contribution in [0, 0.1) is 6.92 Å². The third kappa shape index (κ3) is 3.72. The molecule has 21 heavy (non-hydrogen) atoms. The van der Waals surface area contributed by atoms with E-state index in [0.717, 1.165) is 18.4 Å². The highest BCUT2D eigenvalue weighted by Crippen LogP contribution is 2.38. The molecule has 1 aromatic carbocycles. The van der Waals surface area contributed by atoms with Crippen molar-refractivity contribution in [2.75, 3.05) is 6.61 Å². The molecular weight excluding hydrogens is 262 g/mol. The first-order chi connectivity index (χ1) is 9.72. The van der Waals surface area contributed by atoms with Crippen LogP contribution < -0.4 is 0 Å². The van der Waals surface area contributed by atoms with Gasteiger partial charge < -0.3 is 0 Å². The van der Waals surface area contributed by atoms with E-state index in [9.17, 15) is 4.79 Å². The molecule has 0 radical (unpaired) electrons. The Balaban J connectivity index is 2.03. The standard InChI is InChI=1S/C18H27NO2/c1-14-7-9-15(10-8-14)16(20)13-21-19-17(2,3)11-6-12-18(19,4)5/h7-10H,6,11-13H2,1-5H3. The SMILES string of the molecule is Cc1ccc(C(=O)CON2C(C)(C)CCCC2(C)C)cc1. The summed E-state index contributed by atoms with van der Waals surface area (Å²) >= 11 is 0. The number of Topliss-reactive ketones (excluding diaryl/α,β-unsaturated/α-hetero) is 1. The molecule has 1 aliphatic rings. The number of ketones is 1. The molecule has 0 saturated carbocycles. The first-order valence-electron chi connectivity index (χ1n) is 7.75. The molecule has 0 amide bonds. The Morgan fingerprint density at radius 1 is 1.10 bits per heavy atom. The van der Waals surface area contributed by atoms with Crippen LogP contribution in [0.2, 0.25) is 0 Å². The zero-order valence-electron chi connectivity index (χ0n) is 13.9. The van der Waals surface area contributed by atoms with Crippen molar-refractivity contribution < 1.29 is 9.63 Å². The fourth-order valence-electron chi connectivity index (χ4n) is 3.27. The molecule has 1 heterocycles. The van der Waals surface area contributed by atoms with E-state index in [1.807, 2.05) is 36.3 Å². The number of piperidine rings is 1. The van der Waals surface area contributed by atoms with Gasteiger partial charge in [0.15, 0.2) is 5.78 Å². The maximum Gasteiger partial charge on any atom is 0.190 e. The Morgan fingerprint density at radius 3 is 2.14 bits per heavy atom. The normalized spacial score (nSPS) is 21.2. The van der Waals surface area contributed by atoms with Gasteiger partial charge in [0.05, 0.1) is 0 Å². The van der Waals surface area contributed by atoms with E-state index in [4.69, 9.17) is 4.84 Å². The van der Waals surface area contributed by atoms with Gasteiger partial charge in [0.1, 0.15) is 6.61 Å². The summed E-state index contributed by atoms with van der Waals surface area (Å²) in [6.07, 6.45) is 3.38. The summed E-state index contributed by atoms with van der Waals surface area (Å²) in [5.74, 6) is 0.0344. The predicted molar refractivity (Wildman–Crippen MR) is 85.3 cm³/mol. The summed E-state index contributed by atoms with van der Waals surface area (Å²) in [5.41, 5.74) is 1.81. The molecule has 1 aliphatic heterocycles. The second-order valence-electron chi connectivity index (χ2n) is 7.34. The molecule has 116 valence electrons. The van der Waals surface area contributed by atoms with Crippen molar-refractivity contribution in [3.8, 4) is 0 Å². The van der Waals surface area contributed by atoms with E-state index < -0.39 is 0 Å². The van der Waals surface area contributed by atoms with Crippen molar-refractivity contribution in [2.24, 2.45) is 0 Å². The molecule has 3 nitrogen and oxygen atoms in total. The van der Waals surface area contributed by atoms with Crippen molar-refractivity contribution in [1.82, 2.24) is 5.06 Å². The summed E-state index contributed by atoms with van der Waals surface area (Å²) in [7, 11) is 0. The zero-order valence-corrected chi connectivity index (χ0v) is 13.9. The van der Waals surface area contributed by atoms with Crippen LogP contribution in [0.3, 0.4) is 0 Å². The Hall–Kier alpha value is -1.19. The maximum absolute atomic E-state index is 12.3. The number of rotatable bonds is 4. The van der Waals surface area contributed by atoms with Gasteiger partial charge in [-0.3, -0.25) is 9.63 Å². The van der Waals surface area contributed by atoms with Gasteiger partial charge in [0.2, 0.25) is 0 Å². The van der Waals surface area contributed by atoms with Gasteiger partial charge in [-0.2, -0.15) is 5.06 Å². The van der Waals surface area contributed by atoms with E-state index >= 15 is 0 Å². The molecule has 0 unspecified atom stereocenters. The Morgan fingerprint density at radius 2 is 1.62 bits per heavy atom. The van der Waals surface area contributed by atoms with Gasteiger partial charge in [-0.05, 0) is 53.9 Å². The lowest BCUT2D eigenvalue weighted by Gasteiger charge is -2.51. The van der Waals surface area contributed by atoms with Crippen molar-refractivity contribution >= 4 is 5.78 Å². The van der Waals surface area contributed by atoms with E-state index in [0.29, 0.717) is 5.56 Å². The van der Waals surface area contributed by atoms with Crippen LogP contribution in [0.25, 0.3) is 0 Å². The summed E-state index contributed by atoms with van der Waals surface area (Å²) in [6, 6.07) is 7.66. The van der Waals surface area contributed by atoms with E-state index in [2.05, 4.69) is 27.7 Å². The topological polar surface area (TPSA) is 29.5 Å². The Bertz CT molecular complexity index is 486. The third-order valence-corrected chi connectivity index (χ3v) is 4.38. The van der Waals surface area contributed by atoms with E-state index in [1.165, 1.54) is 6.42 Å². The number of carbonyl (C=O) groups is 1. The molecule has 0 aromatic heterocycles. The maximum atomic E-state index is 12.3. The minimum Gasteiger partial charge on any atom is -0.291 e. The average Bonchev–Trinajstić information content (AvgIpc) is 2.37. The molecule has 0 atom stereocenters. The number of carbonyl (C=O) groups excluding carboxylic acids is 1. The highest BCUT2D eigenvalue weighted by Gasteiger charge is 2.42. The molecule has 1 aromatic rings. The minimum absolute atomic E-state index is 0.0324. The van der Waals surface area contributed by atoms with Gasteiger partial charge in [0.25, 0.3) is 0 Å². The molecule has 1 fully saturated rings. The van der Waals surface area contributed by atoms with Crippen LogP contribution in [0.5, 0.6) is 0 Å². The van der Waals surface area contributed by atoms with Crippen molar-refractivity contribution in [1.29, 1.82) is 0 Å². The third-order valence-electron chi connectivity index (χ3n) is 4.38. The number of hydrogen-bond acceptors (Lipinski definition) is 3. The number of hydrogen-bond donors (Lipinski definition) is 0. The van der Waals surface area contributed by atoms with Crippen molar-refractivity contribution in [3.05, 3.63) is 35.4 Å². The van der Waals surface area contributed by atoms with Gasteiger partial charge in [0, 0.05) is 16.6 Å². The van der Waals surface area contributed by atoms with Gasteiger partial charge in [-0.15, -0.1) is 0 Å². The molecular formula is C18H27NO2. The zero-order chi connectivity index (χ0) is 15.7. The predicted octanol–water partition coefficient (Wildman–Crippen LogP) is 4.15. The number of benzene rings is 1. The number of aryl methyl sites for hydroxylation is 1. The molecule has 0 bridgehead atoms. The highest BCUT2D eigenvalue weighted by molar-refractivity contribution is 5.97. The summed E-state index contributed by atoms with van der Waals surface area (Å²) in [4.78, 5) is 18.2. The molecule has 0 N–H and O–H groups in total. The minimum atomic E-state index is -0.0324. The van der Waals surface area contributed by atoms with E-state index in [1.54, 1.807) is 0 Å². The van der Waals surface area contributed by atoms with Gasteiger partial charge in [-0.25, -0.2) is 0 Å². The molecule has 2 rings (SSSR count). The highest BCUT2D eigenvalue weighted by atomic mass is 16.7. The second-order valence-corrected chi connectivity index (χ2v) is 7.34. The van der Waals surface area contributed by atoms with Gasteiger partial charge in [-0.1, -0.05) is 29.8 Å². The summed E-state index contributed by atoms with van der Waals surface area (Å²) in [5, 5.41) is 2.04. The first-order valence-corrected chi connectivity index (χ1v) is 7.75. The quantitative estimate of drug-likeness (QED) is 0.780. The molecule has 0 aliphatic carbocycles. The summed E-state index contributed by atoms with van der Waals surface area (Å²) in [6.45, 7) is 10.9. The lowest BCUT2D eigenvalue weighted by atomic mass is 9.82. The average molecular weight is 289 g/mol. The Kier molecular flexibility index (Phi) is 4.54. The van der Waals surface area contributed by atoms with Crippen LogP contribution in [0.15, 0.2) is 24.3 Å².